The maximum atomic E-state index is 12.4. The molecule has 6 nitrogen and oxygen atoms in total. The summed E-state index contributed by atoms with van der Waals surface area (Å²) < 4.78 is 4.99. The third-order valence-corrected chi connectivity index (χ3v) is 3.55. The van der Waals surface area contributed by atoms with Crippen molar-refractivity contribution in [2.45, 2.75) is 32.2 Å². The van der Waals surface area contributed by atoms with Gasteiger partial charge in [0.1, 0.15) is 11.5 Å². The van der Waals surface area contributed by atoms with Crippen molar-refractivity contribution in [2.24, 2.45) is 0 Å². The van der Waals surface area contributed by atoms with Crippen LogP contribution in [0.3, 0.4) is 0 Å². The molecule has 2 heterocycles. The molecule has 110 valence electrons. The molecule has 0 aromatic carbocycles. The van der Waals surface area contributed by atoms with Crippen molar-refractivity contribution in [3.63, 3.8) is 0 Å². The SMILES string of the molecule is Cc1cc(CN(C)C(=O)c2cc(C3CC3)[nH]c(=O)c2)no1. The predicted octanol–water partition coefficient (Wildman–Crippen LogP) is 1.82. The first-order valence-electron chi connectivity index (χ1n) is 6.95. The zero-order valence-electron chi connectivity index (χ0n) is 12.0. The zero-order chi connectivity index (χ0) is 15.0. The molecule has 1 N–H and O–H groups in total. The number of aryl methyl sites for hydroxylation is 1. The van der Waals surface area contributed by atoms with E-state index in [2.05, 4.69) is 10.1 Å². The highest BCUT2D eigenvalue weighted by atomic mass is 16.5. The summed E-state index contributed by atoms with van der Waals surface area (Å²) in [4.78, 5) is 28.4. The van der Waals surface area contributed by atoms with E-state index in [0.29, 0.717) is 29.5 Å². The predicted molar refractivity (Wildman–Crippen MR) is 76.1 cm³/mol. The Kier molecular flexibility index (Phi) is 3.37. The monoisotopic (exact) mass is 287 g/mol. The Morgan fingerprint density at radius 2 is 2.19 bits per heavy atom. The first-order chi connectivity index (χ1) is 10.0. The fraction of sp³-hybridized carbons (Fsp3) is 0.400. The van der Waals surface area contributed by atoms with E-state index in [1.807, 2.05) is 0 Å². The van der Waals surface area contributed by atoms with Crippen LogP contribution in [0.1, 0.15) is 46.3 Å². The Hall–Kier alpha value is -2.37. The number of carbonyl (C=O) groups excluding carboxylic acids is 1. The molecule has 2 aromatic heterocycles. The van der Waals surface area contributed by atoms with Crippen molar-refractivity contribution in [1.29, 1.82) is 0 Å². The number of carbonyl (C=O) groups is 1. The average Bonchev–Trinajstić information content (AvgIpc) is 3.21. The number of nitrogens with zero attached hydrogens (tertiary/aromatic N) is 2. The molecule has 0 spiro atoms. The number of aromatic amines is 1. The minimum Gasteiger partial charge on any atom is -0.361 e. The normalized spacial score (nSPS) is 14.2. The fourth-order valence-corrected chi connectivity index (χ4v) is 2.33. The van der Waals surface area contributed by atoms with Gasteiger partial charge in [0.15, 0.2) is 0 Å². The van der Waals surface area contributed by atoms with Gasteiger partial charge in [0.05, 0.1) is 6.54 Å². The molecule has 6 heteroatoms. The molecule has 1 aliphatic carbocycles. The molecule has 1 saturated carbocycles. The molecule has 1 fully saturated rings. The quantitative estimate of drug-likeness (QED) is 0.930. The van der Waals surface area contributed by atoms with E-state index in [9.17, 15) is 9.59 Å². The summed E-state index contributed by atoms with van der Waals surface area (Å²) in [5.41, 5.74) is 1.74. The number of pyridine rings is 1. The van der Waals surface area contributed by atoms with Gasteiger partial charge < -0.3 is 14.4 Å². The topological polar surface area (TPSA) is 79.2 Å². The molecule has 21 heavy (non-hydrogen) atoms. The number of H-pyrrole nitrogens is 1. The first kappa shape index (κ1) is 13.6. The highest BCUT2D eigenvalue weighted by molar-refractivity contribution is 5.94. The van der Waals surface area contributed by atoms with Crippen LogP contribution in [-0.4, -0.2) is 28.0 Å². The maximum absolute atomic E-state index is 12.4. The lowest BCUT2D eigenvalue weighted by Gasteiger charge is -2.15. The molecular formula is C15H17N3O3. The molecular weight excluding hydrogens is 270 g/mol. The standard InChI is InChI=1S/C15H17N3O3/c1-9-5-12(17-21-9)8-18(2)15(20)11-6-13(10-3-4-10)16-14(19)7-11/h5-7,10H,3-4,8H2,1-2H3,(H,16,19). The first-order valence-corrected chi connectivity index (χ1v) is 6.95. The van der Waals surface area contributed by atoms with E-state index >= 15 is 0 Å². The molecule has 1 amide bonds. The summed E-state index contributed by atoms with van der Waals surface area (Å²) in [5, 5.41) is 3.87. The van der Waals surface area contributed by atoms with Crippen LogP contribution in [0, 0.1) is 6.92 Å². The lowest BCUT2D eigenvalue weighted by atomic mass is 10.1. The highest BCUT2D eigenvalue weighted by Crippen LogP contribution is 2.38. The summed E-state index contributed by atoms with van der Waals surface area (Å²) in [7, 11) is 1.68. The van der Waals surface area contributed by atoms with Gasteiger partial charge in [-0.15, -0.1) is 0 Å². The summed E-state index contributed by atoms with van der Waals surface area (Å²) >= 11 is 0. The van der Waals surface area contributed by atoms with Gasteiger partial charge in [-0.3, -0.25) is 9.59 Å². The Balaban J connectivity index is 1.79. The van der Waals surface area contributed by atoms with E-state index in [1.54, 1.807) is 26.1 Å². The third kappa shape index (κ3) is 3.04. The van der Waals surface area contributed by atoms with Crippen molar-refractivity contribution < 1.29 is 9.32 Å². The van der Waals surface area contributed by atoms with Gasteiger partial charge in [0, 0.05) is 30.4 Å². The van der Waals surface area contributed by atoms with Crippen molar-refractivity contribution in [1.82, 2.24) is 15.0 Å². The lowest BCUT2D eigenvalue weighted by Crippen LogP contribution is -2.27. The van der Waals surface area contributed by atoms with Gasteiger partial charge in [-0.25, -0.2) is 0 Å². The van der Waals surface area contributed by atoms with Crippen LogP contribution < -0.4 is 5.56 Å². The van der Waals surface area contributed by atoms with Crippen LogP contribution in [0.4, 0.5) is 0 Å². The van der Waals surface area contributed by atoms with Gasteiger partial charge in [-0.2, -0.15) is 0 Å². The molecule has 0 unspecified atom stereocenters. The smallest absolute Gasteiger partial charge is 0.254 e. The van der Waals surface area contributed by atoms with Gasteiger partial charge in [0.2, 0.25) is 5.56 Å². The van der Waals surface area contributed by atoms with Crippen molar-refractivity contribution in [2.75, 3.05) is 7.05 Å². The minimum absolute atomic E-state index is 0.191. The Labute approximate surface area is 121 Å². The number of aromatic nitrogens is 2. The van der Waals surface area contributed by atoms with Crippen molar-refractivity contribution in [3.05, 3.63) is 51.3 Å². The van der Waals surface area contributed by atoms with Crippen LogP contribution in [-0.2, 0) is 6.54 Å². The summed E-state index contributed by atoms with van der Waals surface area (Å²) in [6.45, 7) is 2.15. The van der Waals surface area contributed by atoms with Gasteiger partial charge in [-0.1, -0.05) is 5.16 Å². The summed E-state index contributed by atoms with van der Waals surface area (Å²) in [5.74, 6) is 0.913. The number of nitrogens with one attached hydrogen (secondary N) is 1. The van der Waals surface area contributed by atoms with E-state index in [4.69, 9.17) is 4.52 Å². The molecule has 1 aliphatic rings. The maximum Gasteiger partial charge on any atom is 0.254 e. The zero-order valence-corrected chi connectivity index (χ0v) is 12.0. The molecule has 0 aliphatic heterocycles. The molecule has 0 atom stereocenters. The summed E-state index contributed by atoms with van der Waals surface area (Å²) in [6, 6.07) is 4.92. The van der Waals surface area contributed by atoms with Crippen molar-refractivity contribution in [3.8, 4) is 0 Å². The fourth-order valence-electron chi connectivity index (χ4n) is 2.33. The van der Waals surface area contributed by atoms with Crippen LogP contribution >= 0.6 is 0 Å². The third-order valence-electron chi connectivity index (χ3n) is 3.55. The average molecular weight is 287 g/mol. The van der Waals surface area contributed by atoms with Crippen LogP contribution in [0.2, 0.25) is 0 Å². The molecule has 0 radical (unpaired) electrons. The largest absolute Gasteiger partial charge is 0.361 e. The molecule has 0 bridgehead atoms. The second-order valence-electron chi connectivity index (χ2n) is 5.55. The van der Waals surface area contributed by atoms with Gasteiger partial charge >= 0.3 is 0 Å². The number of hydrogen-bond donors (Lipinski definition) is 1. The summed E-state index contributed by atoms with van der Waals surface area (Å²) in [6.07, 6.45) is 2.14. The van der Waals surface area contributed by atoms with E-state index < -0.39 is 0 Å². The lowest BCUT2D eigenvalue weighted by molar-refractivity contribution is 0.0781. The van der Waals surface area contributed by atoms with Crippen LogP contribution in [0.25, 0.3) is 0 Å². The van der Waals surface area contributed by atoms with E-state index in [1.165, 1.54) is 11.0 Å². The number of hydrogen-bond acceptors (Lipinski definition) is 4. The van der Waals surface area contributed by atoms with Crippen LogP contribution in [0.15, 0.2) is 27.5 Å². The second-order valence-corrected chi connectivity index (χ2v) is 5.55. The van der Waals surface area contributed by atoms with Gasteiger partial charge in [-0.05, 0) is 31.7 Å². The molecule has 0 saturated heterocycles. The second kappa shape index (κ2) is 5.20. The van der Waals surface area contributed by atoms with E-state index in [0.717, 1.165) is 18.5 Å². The molecule has 3 rings (SSSR count). The highest BCUT2D eigenvalue weighted by Gasteiger charge is 2.26. The molecule has 2 aromatic rings. The van der Waals surface area contributed by atoms with Crippen LogP contribution in [0.5, 0.6) is 0 Å². The number of rotatable bonds is 4. The Morgan fingerprint density at radius 3 is 2.81 bits per heavy atom. The van der Waals surface area contributed by atoms with Crippen molar-refractivity contribution >= 4 is 5.91 Å². The Bertz CT molecular complexity index is 728. The van der Waals surface area contributed by atoms with Gasteiger partial charge in [0.25, 0.3) is 5.91 Å². The van der Waals surface area contributed by atoms with E-state index in [-0.39, 0.29) is 11.5 Å². The Morgan fingerprint density at radius 1 is 1.43 bits per heavy atom. The minimum atomic E-state index is -0.228. The number of amides is 1.